The van der Waals surface area contributed by atoms with Crippen LogP contribution in [0.4, 0.5) is 11.6 Å². The molecule has 1 amide bonds. The van der Waals surface area contributed by atoms with Crippen LogP contribution in [-0.2, 0) is 0 Å². The summed E-state index contributed by atoms with van der Waals surface area (Å²) in [5, 5.41) is 13.4. The summed E-state index contributed by atoms with van der Waals surface area (Å²) in [6.45, 7) is 0. The highest BCUT2D eigenvalue weighted by Crippen LogP contribution is 2.31. The molecule has 0 unspecified atom stereocenters. The number of nitro groups is 1. The number of carbonyl (C=O) groups is 1. The van der Waals surface area contributed by atoms with E-state index in [1.165, 1.54) is 13.2 Å². The van der Waals surface area contributed by atoms with E-state index >= 15 is 0 Å². The lowest BCUT2D eigenvalue weighted by Gasteiger charge is -2.10. The van der Waals surface area contributed by atoms with E-state index in [1.807, 2.05) is 41.1 Å². The van der Waals surface area contributed by atoms with Gasteiger partial charge in [0.15, 0.2) is 5.76 Å². The standard InChI is InChI=1S/C19H14N4O5/c1-27-15-6-5-12(14-11-22-9-3-2-4-17(22)20-14)10-13(15)21-19(24)16-7-8-18(28-16)23(25)26/h2-11H,1H3,(H,21,24). The topological polar surface area (TPSA) is 112 Å². The molecule has 0 bridgehead atoms. The Morgan fingerprint density at radius 2 is 2.11 bits per heavy atom. The maximum absolute atomic E-state index is 12.4. The quantitative estimate of drug-likeness (QED) is 0.418. The molecule has 9 heteroatoms. The highest BCUT2D eigenvalue weighted by molar-refractivity contribution is 6.03. The number of ether oxygens (including phenoxy) is 1. The van der Waals surface area contributed by atoms with E-state index in [9.17, 15) is 14.9 Å². The number of carbonyl (C=O) groups excluding carboxylic acids is 1. The first-order valence-corrected chi connectivity index (χ1v) is 8.23. The lowest BCUT2D eigenvalue weighted by Crippen LogP contribution is -2.11. The van der Waals surface area contributed by atoms with Crippen LogP contribution in [0.5, 0.6) is 5.75 Å². The van der Waals surface area contributed by atoms with Crippen LogP contribution in [0.2, 0.25) is 0 Å². The molecule has 28 heavy (non-hydrogen) atoms. The number of fused-ring (bicyclic) bond motifs is 1. The second kappa shape index (κ2) is 6.88. The van der Waals surface area contributed by atoms with E-state index in [0.29, 0.717) is 11.4 Å². The maximum Gasteiger partial charge on any atom is 0.433 e. The predicted octanol–water partition coefficient (Wildman–Crippen LogP) is 3.76. The minimum Gasteiger partial charge on any atom is -0.495 e. The van der Waals surface area contributed by atoms with Crippen molar-refractivity contribution in [3.05, 3.63) is 76.8 Å². The summed E-state index contributed by atoms with van der Waals surface area (Å²) >= 11 is 0. The first-order valence-electron chi connectivity index (χ1n) is 8.23. The Bertz CT molecular complexity index is 1160. The minimum atomic E-state index is -0.707. The van der Waals surface area contributed by atoms with E-state index in [1.54, 1.807) is 12.1 Å². The van der Waals surface area contributed by atoms with Gasteiger partial charge in [-0.25, -0.2) is 4.98 Å². The fourth-order valence-electron chi connectivity index (χ4n) is 2.77. The Balaban J connectivity index is 1.66. The largest absolute Gasteiger partial charge is 0.495 e. The smallest absolute Gasteiger partial charge is 0.433 e. The third-order valence-corrected chi connectivity index (χ3v) is 4.10. The summed E-state index contributed by atoms with van der Waals surface area (Å²) in [5.74, 6) is -0.872. The van der Waals surface area contributed by atoms with E-state index in [4.69, 9.17) is 9.15 Å². The third kappa shape index (κ3) is 3.16. The average molecular weight is 378 g/mol. The number of hydrogen-bond acceptors (Lipinski definition) is 6. The van der Waals surface area contributed by atoms with Crippen LogP contribution in [0, 0.1) is 10.1 Å². The van der Waals surface area contributed by atoms with Gasteiger partial charge in [0.1, 0.15) is 16.3 Å². The van der Waals surface area contributed by atoms with Crippen LogP contribution in [0.25, 0.3) is 16.9 Å². The number of benzene rings is 1. The van der Waals surface area contributed by atoms with E-state index in [0.717, 1.165) is 23.0 Å². The van der Waals surface area contributed by atoms with Gasteiger partial charge in [0, 0.05) is 18.0 Å². The van der Waals surface area contributed by atoms with Crippen molar-refractivity contribution in [2.45, 2.75) is 0 Å². The normalized spacial score (nSPS) is 10.8. The Morgan fingerprint density at radius 1 is 1.25 bits per heavy atom. The van der Waals surface area contributed by atoms with Gasteiger partial charge in [-0.05, 0) is 36.4 Å². The van der Waals surface area contributed by atoms with Gasteiger partial charge < -0.3 is 18.9 Å². The molecule has 0 aliphatic carbocycles. The van der Waals surface area contributed by atoms with Gasteiger partial charge >= 0.3 is 5.88 Å². The number of nitrogens with one attached hydrogen (secondary N) is 1. The molecule has 4 rings (SSSR count). The number of aromatic nitrogens is 2. The molecule has 0 spiro atoms. The van der Waals surface area contributed by atoms with Gasteiger partial charge in [-0.15, -0.1) is 0 Å². The lowest BCUT2D eigenvalue weighted by molar-refractivity contribution is -0.402. The van der Waals surface area contributed by atoms with Gasteiger partial charge in [-0.3, -0.25) is 14.9 Å². The molecule has 140 valence electrons. The number of imidazole rings is 1. The van der Waals surface area contributed by atoms with Crippen molar-refractivity contribution < 1.29 is 18.9 Å². The molecular weight excluding hydrogens is 364 g/mol. The number of anilines is 1. The van der Waals surface area contributed by atoms with Crippen molar-refractivity contribution in [3.8, 4) is 17.0 Å². The second-order valence-electron chi connectivity index (χ2n) is 5.86. The van der Waals surface area contributed by atoms with E-state index in [2.05, 4.69) is 10.3 Å². The molecule has 1 aromatic carbocycles. The molecule has 0 aliphatic rings. The summed E-state index contributed by atoms with van der Waals surface area (Å²) in [4.78, 5) is 27.0. The Morgan fingerprint density at radius 3 is 2.82 bits per heavy atom. The molecule has 9 nitrogen and oxygen atoms in total. The Hall–Kier alpha value is -4.14. The second-order valence-corrected chi connectivity index (χ2v) is 5.86. The summed E-state index contributed by atoms with van der Waals surface area (Å²) in [5.41, 5.74) is 2.67. The molecule has 0 fully saturated rings. The zero-order valence-electron chi connectivity index (χ0n) is 14.7. The zero-order chi connectivity index (χ0) is 19.7. The van der Waals surface area contributed by atoms with Gasteiger partial charge in [-0.2, -0.15) is 0 Å². The SMILES string of the molecule is COc1ccc(-c2cn3ccccc3n2)cc1NC(=O)c1ccc([N+](=O)[O-])o1. The number of hydrogen-bond donors (Lipinski definition) is 1. The van der Waals surface area contributed by atoms with Gasteiger partial charge in [0.25, 0.3) is 5.91 Å². The van der Waals surface area contributed by atoms with Crippen LogP contribution in [-0.4, -0.2) is 27.3 Å². The zero-order valence-corrected chi connectivity index (χ0v) is 14.7. The molecule has 0 saturated heterocycles. The molecule has 0 saturated carbocycles. The highest BCUT2D eigenvalue weighted by Gasteiger charge is 2.19. The van der Waals surface area contributed by atoms with Gasteiger partial charge in [-0.1, -0.05) is 6.07 Å². The molecule has 3 aromatic heterocycles. The van der Waals surface area contributed by atoms with Crippen molar-refractivity contribution >= 4 is 23.1 Å². The maximum atomic E-state index is 12.4. The monoisotopic (exact) mass is 378 g/mol. The Kier molecular flexibility index (Phi) is 4.24. The fourth-order valence-corrected chi connectivity index (χ4v) is 2.77. The van der Waals surface area contributed by atoms with E-state index in [-0.39, 0.29) is 5.76 Å². The molecule has 0 aliphatic heterocycles. The molecule has 4 aromatic rings. The van der Waals surface area contributed by atoms with Crippen LogP contribution in [0.3, 0.4) is 0 Å². The predicted molar refractivity (Wildman–Crippen MR) is 100 cm³/mol. The van der Waals surface area contributed by atoms with Crippen LogP contribution in [0.15, 0.2) is 65.3 Å². The number of furan rings is 1. The first-order chi connectivity index (χ1) is 13.5. The fraction of sp³-hybridized carbons (Fsp3) is 0.0526. The Labute approximate surface area is 158 Å². The van der Waals surface area contributed by atoms with Crippen molar-refractivity contribution in [2.75, 3.05) is 12.4 Å². The van der Waals surface area contributed by atoms with Crippen LogP contribution < -0.4 is 10.1 Å². The molecule has 3 heterocycles. The summed E-state index contributed by atoms with van der Waals surface area (Å²) in [6, 6.07) is 13.3. The number of pyridine rings is 1. The third-order valence-electron chi connectivity index (χ3n) is 4.10. The van der Waals surface area contributed by atoms with E-state index < -0.39 is 16.7 Å². The van der Waals surface area contributed by atoms with Crippen molar-refractivity contribution in [2.24, 2.45) is 0 Å². The summed E-state index contributed by atoms with van der Waals surface area (Å²) < 4.78 is 12.1. The van der Waals surface area contributed by atoms with Gasteiger partial charge in [0.05, 0.1) is 24.6 Å². The molecule has 0 radical (unpaired) electrons. The number of amides is 1. The minimum absolute atomic E-state index is 0.174. The molecule has 0 atom stereocenters. The van der Waals surface area contributed by atoms with Crippen molar-refractivity contribution in [1.29, 1.82) is 0 Å². The number of nitrogens with zero attached hydrogens (tertiary/aromatic N) is 3. The summed E-state index contributed by atoms with van der Waals surface area (Å²) in [6.07, 6.45) is 3.76. The van der Waals surface area contributed by atoms with Crippen LogP contribution >= 0.6 is 0 Å². The molecule has 1 N–H and O–H groups in total. The van der Waals surface area contributed by atoms with Gasteiger partial charge in [0.2, 0.25) is 0 Å². The lowest BCUT2D eigenvalue weighted by atomic mass is 10.1. The highest BCUT2D eigenvalue weighted by atomic mass is 16.6. The van der Waals surface area contributed by atoms with Crippen molar-refractivity contribution in [3.63, 3.8) is 0 Å². The number of rotatable bonds is 5. The summed E-state index contributed by atoms with van der Waals surface area (Å²) in [7, 11) is 1.48. The average Bonchev–Trinajstić information content (AvgIpc) is 3.35. The first kappa shape index (κ1) is 17.3. The molecular formula is C19H14N4O5. The van der Waals surface area contributed by atoms with Crippen molar-refractivity contribution in [1.82, 2.24) is 9.38 Å². The number of methoxy groups -OCH3 is 1. The van der Waals surface area contributed by atoms with Crippen LogP contribution in [0.1, 0.15) is 10.6 Å².